The van der Waals surface area contributed by atoms with Crippen LogP contribution in [0.3, 0.4) is 0 Å². The maximum absolute atomic E-state index is 12.7. The highest BCUT2D eigenvalue weighted by atomic mass is 16.4. The molecule has 2 aromatic carbocycles. The first-order valence-electron chi connectivity index (χ1n) is 7.44. The topological polar surface area (TPSA) is 74.7 Å². The van der Waals surface area contributed by atoms with Crippen molar-refractivity contribution in [3.05, 3.63) is 70.8 Å². The van der Waals surface area contributed by atoms with Gasteiger partial charge in [-0.25, -0.2) is 0 Å². The molecule has 24 heavy (non-hydrogen) atoms. The number of aryl methyl sites for hydroxylation is 1. The average Bonchev–Trinajstić information content (AvgIpc) is 2.57. The van der Waals surface area contributed by atoms with Crippen LogP contribution in [0.5, 0.6) is 0 Å². The number of carboxylic acid groups (broad SMARTS) is 1. The summed E-state index contributed by atoms with van der Waals surface area (Å²) in [6.07, 6.45) is 1.71. The van der Waals surface area contributed by atoms with Crippen LogP contribution in [0.15, 0.2) is 48.5 Å². The Balaban J connectivity index is 2.18. The quantitative estimate of drug-likeness (QED) is 0.696. The van der Waals surface area contributed by atoms with E-state index in [1.165, 1.54) is 0 Å². The van der Waals surface area contributed by atoms with E-state index in [0.717, 1.165) is 16.0 Å². The van der Waals surface area contributed by atoms with Gasteiger partial charge in [-0.15, -0.1) is 0 Å². The third-order valence-corrected chi connectivity index (χ3v) is 3.95. The minimum absolute atomic E-state index is 0.320. The van der Waals surface area contributed by atoms with E-state index in [1.54, 1.807) is 30.3 Å². The Bertz CT molecular complexity index is 882. The molecular weight excluding hydrogens is 306 g/mol. The highest BCUT2D eigenvalue weighted by Gasteiger charge is 2.35. The molecule has 0 atom stereocenters. The van der Waals surface area contributed by atoms with Crippen LogP contribution in [0.4, 0.5) is 0 Å². The van der Waals surface area contributed by atoms with E-state index in [0.29, 0.717) is 16.7 Å². The predicted octanol–water partition coefficient (Wildman–Crippen LogP) is 2.60. The Labute approximate surface area is 138 Å². The number of benzene rings is 2. The molecule has 0 spiro atoms. The van der Waals surface area contributed by atoms with Crippen molar-refractivity contribution in [2.24, 2.45) is 0 Å². The van der Waals surface area contributed by atoms with Gasteiger partial charge in [0.25, 0.3) is 11.8 Å². The first kappa shape index (κ1) is 15.7. The third kappa shape index (κ3) is 2.72. The van der Waals surface area contributed by atoms with Crippen molar-refractivity contribution in [1.29, 1.82) is 0 Å². The molecule has 1 heterocycles. The summed E-state index contributed by atoms with van der Waals surface area (Å²) in [4.78, 5) is 37.0. The molecule has 0 aromatic heterocycles. The minimum atomic E-state index is -1.23. The molecular formula is C19H15NO4. The van der Waals surface area contributed by atoms with Gasteiger partial charge in [-0.3, -0.25) is 19.3 Å². The number of fused-ring (bicyclic) bond motifs is 1. The van der Waals surface area contributed by atoms with E-state index in [2.05, 4.69) is 0 Å². The summed E-state index contributed by atoms with van der Waals surface area (Å²) in [5.74, 6) is -2.41. The van der Waals surface area contributed by atoms with Gasteiger partial charge in [-0.1, -0.05) is 42.5 Å². The Kier molecular flexibility index (Phi) is 4.00. The molecule has 0 aliphatic carbocycles. The highest BCUT2D eigenvalue weighted by molar-refractivity contribution is 6.34. The van der Waals surface area contributed by atoms with E-state index in [1.807, 2.05) is 31.2 Å². The highest BCUT2D eigenvalue weighted by Crippen LogP contribution is 2.30. The van der Waals surface area contributed by atoms with Crippen LogP contribution >= 0.6 is 0 Å². The number of hydrogen-bond donors (Lipinski definition) is 1. The molecule has 2 amide bonds. The molecule has 0 radical (unpaired) electrons. The first-order valence-corrected chi connectivity index (χ1v) is 7.44. The SMILES string of the molecule is Cc1ccccc1/C=C1\C(=O)N(CC(=O)O)C(=O)c2ccccc21. The Morgan fingerprint density at radius 2 is 1.62 bits per heavy atom. The molecule has 0 bridgehead atoms. The monoisotopic (exact) mass is 321 g/mol. The van der Waals surface area contributed by atoms with Gasteiger partial charge >= 0.3 is 5.97 Å². The molecule has 0 saturated carbocycles. The third-order valence-electron chi connectivity index (χ3n) is 3.95. The lowest BCUT2D eigenvalue weighted by atomic mass is 9.91. The van der Waals surface area contributed by atoms with Gasteiger partial charge in [-0.2, -0.15) is 0 Å². The summed E-state index contributed by atoms with van der Waals surface area (Å²) < 4.78 is 0. The second-order valence-corrected chi connectivity index (χ2v) is 5.55. The molecule has 2 aromatic rings. The summed E-state index contributed by atoms with van der Waals surface area (Å²) in [5.41, 5.74) is 3.01. The Hall–Kier alpha value is -3.21. The Morgan fingerprint density at radius 3 is 2.29 bits per heavy atom. The summed E-state index contributed by atoms with van der Waals surface area (Å²) in [6, 6.07) is 14.3. The molecule has 0 unspecified atom stereocenters. The van der Waals surface area contributed by atoms with E-state index in [4.69, 9.17) is 5.11 Å². The Morgan fingerprint density at radius 1 is 1.00 bits per heavy atom. The van der Waals surface area contributed by atoms with Gasteiger partial charge in [0.1, 0.15) is 6.54 Å². The van der Waals surface area contributed by atoms with E-state index in [9.17, 15) is 14.4 Å². The van der Waals surface area contributed by atoms with Crippen LogP contribution in [0.2, 0.25) is 0 Å². The van der Waals surface area contributed by atoms with Crippen molar-refractivity contribution in [2.45, 2.75) is 6.92 Å². The number of hydrogen-bond acceptors (Lipinski definition) is 3. The summed E-state index contributed by atoms with van der Waals surface area (Å²) in [5, 5.41) is 9.00. The number of nitrogens with zero attached hydrogens (tertiary/aromatic N) is 1. The van der Waals surface area contributed by atoms with E-state index < -0.39 is 24.3 Å². The van der Waals surface area contributed by atoms with Crippen molar-refractivity contribution in [3.63, 3.8) is 0 Å². The summed E-state index contributed by atoms with van der Waals surface area (Å²) >= 11 is 0. The maximum Gasteiger partial charge on any atom is 0.323 e. The van der Waals surface area contributed by atoms with Crippen molar-refractivity contribution in [3.8, 4) is 0 Å². The molecule has 0 saturated heterocycles. The van der Waals surface area contributed by atoms with Gasteiger partial charge in [0.05, 0.1) is 0 Å². The van der Waals surface area contributed by atoms with Crippen molar-refractivity contribution < 1.29 is 19.5 Å². The molecule has 1 aliphatic heterocycles. The largest absolute Gasteiger partial charge is 0.480 e. The second-order valence-electron chi connectivity index (χ2n) is 5.55. The normalized spacial score (nSPS) is 15.5. The van der Waals surface area contributed by atoms with E-state index in [-0.39, 0.29) is 0 Å². The van der Waals surface area contributed by atoms with Gasteiger partial charge in [-0.05, 0) is 35.8 Å². The average molecular weight is 321 g/mol. The van der Waals surface area contributed by atoms with Crippen molar-refractivity contribution in [2.75, 3.05) is 6.54 Å². The summed E-state index contributed by atoms with van der Waals surface area (Å²) in [6.45, 7) is 1.27. The lowest BCUT2D eigenvalue weighted by molar-refractivity contribution is -0.141. The number of carbonyl (C=O) groups excluding carboxylic acids is 2. The number of amides is 2. The zero-order valence-electron chi connectivity index (χ0n) is 13.0. The van der Waals surface area contributed by atoms with Crippen LogP contribution in [-0.4, -0.2) is 34.3 Å². The molecule has 3 rings (SSSR count). The molecule has 1 aliphatic rings. The van der Waals surface area contributed by atoms with Crippen molar-refractivity contribution in [1.82, 2.24) is 4.90 Å². The second kappa shape index (κ2) is 6.12. The van der Waals surface area contributed by atoms with Gasteiger partial charge < -0.3 is 5.11 Å². The zero-order valence-corrected chi connectivity index (χ0v) is 13.0. The van der Waals surface area contributed by atoms with Gasteiger partial charge in [0.2, 0.25) is 0 Å². The predicted molar refractivity (Wildman–Crippen MR) is 89.2 cm³/mol. The lowest BCUT2D eigenvalue weighted by Crippen LogP contribution is -2.44. The zero-order chi connectivity index (χ0) is 17.3. The molecule has 5 heteroatoms. The fourth-order valence-corrected chi connectivity index (χ4v) is 2.73. The lowest BCUT2D eigenvalue weighted by Gasteiger charge is -2.27. The smallest absolute Gasteiger partial charge is 0.323 e. The first-order chi connectivity index (χ1) is 11.5. The van der Waals surface area contributed by atoms with Crippen LogP contribution in [0, 0.1) is 6.92 Å². The van der Waals surface area contributed by atoms with Crippen LogP contribution < -0.4 is 0 Å². The molecule has 120 valence electrons. The molecule has 0 fully saturated rings. The number of carboxylic acids is 1. The number of imide groups is 1. The number of carbonyl (C=O) groups is 3. The van der Waals surface area contributed by atoms with Gasteiger partial charge in [0, 0.05) is 11.1 Å². The minimum Gasteiger partial charge on any atom is -0.480 e. The fraction of sp³-hybridized carbons (Fsp3) is 0.105. The summed E-state index contributed by atoms with van der Waals surface area (Å²) in [7, 11) is 0. The maximum atomic E-state index is 12.7. The van der Waals surface area contributed by atoms with Crippen LogP contribution in [0.25, 0.3) is 11.6 Å². The molecule has 1 N–H and O–H groups in total. The number of aliphatic carboxylic acids is 1. The number of rotatable bonds is 3. The fourth-order valence-electron chi connectivity index (χ4n) is 2.73. The van der Waals surface area contributed by atoms with Crippen molar-refractivity contribution >= 4 is 29.4 Å². The van der Waals surface area contributed by atoms with Gasteiger partial charge in [0.15, 0.2) is 0 Å². The van der Waals surface area contributed by atoms with Crippen LogP contribution in [0.1, 0.15) is 27.0 Å². The van der Waals surface area contributed by atoms with Crippen LogP contribution in [-0.2, 0) is 9.59 Å². The molecule has 5 nitrogen and oxygen atoms in total. The standard InChI is InChI=1S/C19H15NO4/c1-12-6-2-3-7-13(12)10-16-14-8-4-5-9-15(14)18(23)20(19(16)24)11-17(21)22/h2-10H,11H2,1H3,(H,21,22)/b16-10-. The van der Waals surface area contributed by atoms with E-state index >= 15 is 0 Å².